The van der Waals surface area contributed by atoms with Crippen LogP contribution < -0.4 is 10.1 Å². The van der Waals surface area contributed by atoms with E-state index in [0.29, 0.717) is 0 Å². The van der Waals surface area contributed by atoms with Gasteiger partial charge in [-0.2, -0.15) is 0 Å². The number of halogens is 1. The van der Waals surface area contributed by atoms with Gasteiger partial charge in [-0.3, -0.25) is 0 Å². The lowest BCUT2D eigenvalue weighted by Crippen LogP contribution is -2.37. The second-order valence-electron chi connectivity index (χ2n) is 8.89. The third-order valence-electron chi connectivity index (χ3n) is 5.68. The van der Waals surface area contributed by atoms with Crippen molar-refractivity contribution in [3.63, 3.8) is 0 Å². The SMILES string of the molecule is C[Si](C)(C)c1ccc(N(c2ccccc2)c2ccc3oc4cc(Br)ccc4c3c2)cc1. The van der Waals surface area contributed by atoms with Gasteiger partial charge in [0.2, 0.25) is 0 Å². The number of anilines is 3. The monoisotopic (exact) mass is 485 g/mol. The number of para-hydroxylation sites is 1. The van der Waals surface area contributed by atoms with Gasteiger partial charge in [0.15, 0.2) is 0 Å². The van der Waals surface area contributed by atoms with Crippen LogP contribution in [0.2, 0.25) is 19.6 Å². The Morgan fingerprint density at radius 1 is 0.645 bits per heavy atom. The average molecular weight is 486 g/mol. The van der Waals surface area contributed by atoms with Crippen molar-refractivity contribution < 1.29 is 4.42 Å². The van der Waals surface area contributed by atoms with Crippen LogP contribution in [-0.2, 0) is 0 Å². The highest BCUT2D eigenvalue weighted by atomic mass is 79.9. The molecule has 0 aliphatic carbocycles. The van der Waals surface area contributed by atoms with Gasteiger partial charge in [-0.15, -0.1) is 0 Å². The van der Waals surface area contributed by atoms with E-state index in [-0.39, 0.29) is 0 Å². The number of fused-ring (bicyclic) bond motifs is 3. The van der Waals surface area contributed by atoms with Gasteiger partial charge in [-0.1, -0.05) is 71.1 Å². The summed E-state index contributed by atoms with van der Waals surface area (Å²) in [5.74, 6) is 0. The molecule has 2 nitrogen and oxygen atoms in total. The maximum atomic E-state index is 6.09. The molecule has 0 aliphatic heterocycles. The Labute approximate surface area is 192 Å². The van der Waals surface area contributed by atoms with Crippen molar-refractivity contribution in [2.24, 2.45) is 0 Å². The van der Waals surface area contributed by atoms with E-state index in [1.807, 2.05) is 6.07 Å². The van der Waals surface area contributed by atoms with Gasteiger partial charge in [0, 0.05) is 32.3 Å². The predicted molar refractivity (Wildman–Crippen MR) is 139 cm³/mol. The number of benzene rings is 4. The van der Waals surface area contributed by atoms with Crippen molar-refractivity contribution in [2.45, 2.75) is 19.6 Å². The molecule has 0 bridgehead atoms. The minimum atomic E-state index is -1.35. The number of nitrogens with zero attached hydrogens (tertiary/aromatic N) is 1. The fraction of sp³-hybridized carbons (Fsp3) is 0.111. The first-order valence-electron chi connectivity index (χ1n) is 10.5. The van der Waals surface area contributed by atoms with Crippen LogP contribution >= 0.6 is 15.9 Å². The lowest BCUT2D eigenvalue weighted by Gasteiger charge is -2.26. The van der Waals surface area contributed by atoms with Gasteiger partial charge in [0.25, 0.3) is 0 Å². The molecule has 0 aliphatic rings. The molecule has 0 fully saturated rings. The molecule has 0 saturated carbocycles. The normalized spacial score (nSPS) is 11.9. The van der Waals surface area contributed by atoms with Crippen LogP contribution in [0.5, 0.6) is 0 Å². The molecule has 1 heterocycles. The molecular formula is C27H24BrNOSi. The van der Waals surface area contributed by atoms with Crippen LogP contribution in [-0.4, -0.2) is 8.07 Å². The largest absolute Gasteiger partial charge is 0.456 e. The van der Waals surface area contributed by atoms with Crippen LogP contribution in [0.15, 0.2) is 99.9 Å². The Balaban J connectivity index is 1.68. The summed E-state index contributed by atoms with van der Waals surface area (Å²) >= 11 is 3.54. The number of rotatable bonds is 4. The summed E-state index contributed by atoms with van der Waals surface area (Å²) in [7, 11) is -1.35. The minimum Gasteiger partial charge on any atom is -0.456 e. The van der Waals surface area contributed by atoms with E-state index in [2.05, 4.69) is 125 Å². The summed E-state index contributed by atoms with van der Waals surface area (Å²) in [5.41, 5.74) is 5.21. The zero-order valence-electron chi connectivity index (χ0n) is 17.9. The highest BCUT2D eigenvalue weighted by molar-refractivity contribution is 9.10. The number of hydrogen-bond acceptors (Lipinski definition) is 2. The molecule has 5 rings (SSSR count). The summed E-state index contributed by atoms with van der Waals surface area (Å²) in [5, 5.41) is 3.72. The first kappa shape index (κ1) is 20.1. The molecule has 4 heteroatoms. The van der Waals surface area contributed by atoms with Crippen LogP contribution in [0.1, 0.15) is 0 Å². The van der Waals surface area contributed by atoms with Crippen LogP contribution in [0, 0.1) is 0 Å². The van der Waals surface area contributed by atoms with Gasteiger partial charge in [0.05, 0.1) is 8.07 Å². The van der Waals surface area contributed by atoms with E-state index in [4.69, 9.17) is 4.42 Å². The van der Waals surface area contributed by atoms with Crippen molar-refractivity contribution in [3.05, 3.63) is 95.5 Å². The molecule has 0 amide bonds. The van der Waals surface area contributed by atoms with Gasteiger partial charge < -0.3 is 9.32 Å². The molecule has 0 spiro atoms. The lowest BCUT2D eigenvalue weighted by molar-refractivity contribution is 0.668. The number of hydrogen-bond donors (Lipinski definition) is 0. The summed E-state index contributed by atoms with van der Waals surface area (Å²) in [6, 6.07) is 32.3. The Morgan fingerprint density at radius 3 is 2.03 bits per heavy atom. The minimum absolute atomic E-state index is 0.896. The Bertz CT molecular complexity index is 1370. The smallest absolute Gasteiger partial charge is 0.136 e. The first-order valence-corrected chi connectivity index (χ1v) is 14.8. The van der Waals surface area contributed by atoms with Gasteiger partial charge in [0.1, 0.15) is 11.2 Å². The molecule has 0 saturated heterocycles. The van der Waals surface area contributed by atoms with E-state index in [9.17, 15) is 0 Å². The van der Waals surface area contributed by atoms with Crippen molar-refractivity contribution in [2.75, 3.05) is 4.90 Å². The molecule has 4 aromatic carbocycles. The van der Waals surface area contributed by atoms with Crippen LogP contribution in [0.25, 0.3) is 21.9 Å². The molecule has 1 aromatic heterocycles. The average Bonchev–Trinajstić information content (AvgIpc) is 3.11. The second-order valence-corrected chi connectivity index (χ2v) is 14.9. The summed E-state index contributed by atoms with van der Waals surface area (Å²) < 4.78 is 7.11. The fourth-order valence-electron chi connectivity index (χ4n) is 4.01. The Morgan fingerprint density at radius 2 is 1.32 bits per heavy atom. The zero-order valence-corrected chi connectivity index (χ0v) is 20.5. The van der Waals surface area contributed by atoms with Crippen molar-refractivity contribution >= 4 is 68.2 Å². The Hall–Kier alpha value is -2.82. The van der Waals surface area contributed by atoms with Crippen molar-refractivity contribution in [1.82, 2.24) is 0 Å². The molecule has 0 unspecified atom stereocenters. The van der Waals surface area contributed by atoms with Crippen LogP contribution in [0.3, 0.4) is 0 Å². The molecular weight excluding hydrogens is 462 g/mol. The molecule has 0 N–H and O–H groups in total. The maximum absolute atomic E-state index is 6.09. The van der Waals surface area contributed by atoms with Gasteiger partial charge in [-0.25, -0.2) is 0 Å². The Kier molecular flexibility index (Phi) is 4.99. The van der Waals surface area contributed by atoms with Gasteiger partial charge in [-0.05, 0) is 60.7 Å². The van der Waals surface area contributed by atoms with Gasteiger partial charge >= 0.3 is 0 Å². The maximum Gasteiger partial charge on any atom is 0.136 e. The summed E-state index contributed by atoms with van der Waals surface area (Å²) in [4.78, 5) is 2.31. The predicted octanol–water partition coefficient (Wildman–Crippen LogP) is 8.36. The highest BCUT2D eigenvalue weighted by Gasteiger charge is 2.18. The molecule has 5 aromatic rings. The number of furan rings is 1. The fourth-order valence-corrected chi connectivity index (χ4v) is 5.52. The van der Waals surface area contributed by atoms with E-state index in [1.165, 1.54) is 5.19 Å². The van der Waals surface area contributed by atoms with Crippen molar-refractivity contribution in [3.8, 4) is 0 Å². The van der Waals surface area contributed by atoms with E-state index in [1.54, 1.807) is 0 Å². The lowest BCUT2D eigenvalue weighted by atomic mass is 10.1. The third-order valence-corrected chi connectivity index (χ3v) is 8.24. The first-order chi connectivity index (χ1) is 14.9. The quantitative estimate of drug-likeness (QED) is 0.237. The third kappa shape index (κ3) is 3.82. The molecule has 31 heavy (non-hydrogen) atoms. The van der Waals surface area contributed by atoms with E-state index >= 15 is 0 Å². The molecule has 0 atom stereocenters. The molecule has 154 valence electrons. The summed E-state index contributed by atoms with van der Waals surface area (Å²) in [6.07, 6.45) is 0. The highest BCUT2D eigenvalue weighted by Crippen LogP contribution is 2.38. The van der Waals surface area contributed by atoms with Crippen LogP contribution in [0.4, 0.5) is 17.1 Å². The zero-order chi connectivity index (χ0) is 21.6. The molecule has 0 radical (unpaired) electrons. The topological polar surface area (TPSA) is 16.4 Å². The standard InChI is InChI=1S/C27H24BrNOSi/c1-31(2,3)23-13-10-21(11-14-23)29(20-7-5-4-6-8-20)22-12-16-26-25(18-22)24-15-9-19(28)17-27(24)30-26/h4-18H,1-3H3. The van der Waals surface area contributed by atoms with E-state index < -0.39 is 8.07 Å². The van der Waals surface area contributed by atoms with Crippen molar-refractivity contribution in [1.29, 1.82) is 0 Å². The summed E-state index contributed by atoms with van der Waals surface area (Å²) in [6.45, 7) is 7.15. The van der Waals surface area contributed by atoms with E-state index in [0.717, 1.165) is 43.5 Å². The second kappa shape index (κ2) is 7.70.